The first kappa shape index (κ1) is 72.2. The fourth-order valence-corrected chi connectivity index (χ4v) is 8.25. The summed E-state index contributed by atoms with van der Waals surface area (Å²) >= 11 is 0. The van der Waals surface area contributed by atoms with Crippen molar-refractivity contribution < 1.29 is 76.7 Å². The maximum atomic E-state index is 14.9. The standard InChI is InChI=1S/C60H94N10O16/c1-56(2,3)82-51(77)63-28-18-22-40(46(72)61-27-17-23-41(69-54(80)85-59(10,11)12)47(73)62-30-31-65-53(79)84-58(7,8)9)66-49(75)43-33-36-20-16-21-37(32-36)38-25-26-45(71)39(34-38)35-44(70-55(81)86-60(13,14)15)50(76)67-42(48(74)68-43)24-19-29-64-52(78)83-57(4,5)6/h16,20-21,25-26,32,34,40-44,71H,17-19,22-24,27-31,33,35H2,1-15H3,(H,61,72)(H,62,73)(H,63,77)(H,64,78)(H,65,79)(H,66,75)(H,67,76)(H,68,74)(H,69,80)(H,70,81)/t40-,41+,42+,43+,44+/m1/s1. The number of aromatic hydroxyl groups is 1. The highest BCUT2D eigenvalue weighted by molar-refractivity contribution is 5.96. The smallest absolute Gasteiger partial charge is 0.408 e. The Balaban J connectivity index is 2.02. The molecule has 1 heterocycles. The Morgan fingerprint density at radius 1 is 0.512 bits per heavy atom. The van der Waals surface area contributed by atoms with Gasteiger partial charge in [-0.05, 0) is 177 Å². The third kappa shape index (κ3) is 29.6. The number of benzene rings is 2. The highest BCUT2D eigenvalue weighted by Crippen LogP contribution is 2.29. The van der Waals surface area contributed by atoms with Gasteiger partial charge in [-0.1, -0.05) is 30.3 Å². The number of hydrogen-bond acceptors (Lipinski definition) is 16. The summed E-state index contributed by atoms with van der Waals surface area (Å²) in [7, 11) is 0. The predicted octanol–water partition coefficient (Wildman–Crippen LogP) is 5.55. The second-order valence-electron chi connectivity index (χ2n) is 25.8. The Kier molecular flexibility index (Phi) is 27.2. The summed E-state index contributed by atoms with van der Waals surface area (Å²) < 4.78 is 26.9. The van der Waals surface area contributed by atoms with Crippen LogP contribution in [0.5, 0.6) is 5.75 Å². The Morgan fingerprint density at radius 2 is 0.965 bits per heavy atom. The molecule has 0 unspecified atom stereocenters. The molecule has 26 nitrogen and oxygen atoms in total. The number of fused-ring (bicyclic) bond motifs is 5. The van der Waals surface area contributed by atoms with E-state index in [4.69, 9.17) is 23.7 Å². The summed E-state index contributed by atoms with van der Waals surface area (Å²) in [4.78, 5) is 135. The van der Waals surface area contributed by atoms with Gasteiger partial charge in [0.25, 0.3) is 0 Å². The number of rotatable bonds is 21. The van der Waals surface area contributed by atoms with Crippen LogP contribution in [0.1, 0.15) is 154 Å². The van der Waals surface area contributed by atoms with E-state index in [2.05, 4.69) is 53.2 Å². The van der Waals surface area contributed by atoms with Crippen molar-refractivity contribution in [2.24, 2.45) is 0 Å². The summed E-state index contributed by atoms with van der Waals surface area (Å²) in [5.41, 5.74) is -2.17. The van der Waals surface area contributed by atoms with Crippen LogP contribution in [-0.4, -0.2) is 156 Å². The zero-order valence-corrected chi connectivity index (χ0v) is 52.7. The number of nitrogens with one attached hydrogen (secondary N) is 10. The van der Waals surface area contributed by atoms with Crippen LogP contribution in [0.25, 0.3) is 11.1 Å². The van der Waals surface area contributed by atoms with Crippen LogP contribution in [0.4, 0.5) is 24.0 Å². The number of phenolic OH excluding ortho intramolecular Hbond substituents is 1. The quantitative estimate of drug-likeness (QED) is 0.0539. The third-order valence-corrected chi connectivity index (χ3v) is 11.9. The largest absolute Gasteiger partial charge is 0.508 e. The number of amides is 10. The van der Waals surface area contributed by atoms with E-state index in [1.165, 1.54) is 6.07 Å². The van der Waals surface area contributed by atoms with Gasteiger partial charge in [0.2, 0.25) is 29.5 Å². The number of carbonyl (C=O) groups excluding carboxylic acids is 10. The lowest BCUT2D eigenvalue weighted by Crippen LogP contribution is -2.59. The molecular weight excluding hydrogens is 1120 g/mol. The molecule has 0 saturated carbocycles. The van der Waals surface area contributed by atoms with Crippen LogP contribution in [0.3, 0.4) is 0 Å². The molecule has 11 N–H and O–H groups in total. The van der Waals surface area contributed by atoms with Crippen LogP contribution in [0.2, 0.25) is 0 Å². The van der Waals surface area contributed by atoms with E-state index in [-0.39, 0.29) is 95.4 Å². The molecule has 0 fully saturated rings. The Hall–Kier alpha value is -8.06. The maximum absolute atomic E-state index is 14.9. The van der Waals surface area contributed by atoms with Crippen molar-refractivity contribution in [2.75, 3.05) is 32.7 Å². The number of ether oxygens (including phenoxy) is 5. The lowest BCUT2D eigenvalue weighted by Gasteiger charge is -2.27. The van der Waals surface area contributed by atoms with Gasteiger partial charge in [-0.3, -0.25) is 24.0 Å². The zero-order chi connectivity index (χ0) is 64.8. The molecule has 4 bridgehead atoms. The molecule has 2 aromatic rings. The van der Waals surface area contributed by atoms with E-state index < -0.39 is 118 Å². The molecule has 480 valence electrons. The fraction of sp³-hybridized carbons (Fsp3) is 0.633. The van der Waals surface area contributed by atoms with Gasteiger partial charge in [0.05, 0.1) is 0 Å². The van der Waals surface area contributed by atoms with Crippen LogP contribution >= 0.6 is 0 Å². The summed E-state index contributed by atoms with van der Waals surface area (Å²) in [5, 5.41) is 37.8. The molecule has 1 aliphatic rings. The van der Waals surface area contributed by atoms with Crippen LogP contribution in [-0.2, 0) is 60.5 Å². The molecule has 0 saturated heterocycles. The minimum atomic E-state index is -1.43. The number of alkyl carbamates (subject to hydrolysis) is 5. The normalized spacial score (nSPS) is 16.5. The van der Waals surface area contributed by atoms with Crippen molar-refractivity contribution in [3.63, 3.8) is 0 Å². The first-order chi connectivity index (χ1) is 39.7. The average Bonchev–Trinajstić information content (AvgIpc) is 1.68. The van der Waals surface area contributed by atoms with Gasteiger partial charge in [-0.15, -0.1) is 0 Å². The molecule has 10 amide bonds. The van der Waals surface area contributed by atoms with E-state index in [0.29, 0.717) is 16.7 Å². The lowest BCUT2D eigenvalue weighted by molar-refractivity contribution is -0.134. The van der Waals surface area contributed by atoms with Gasteiger partial charge in [-0.25, -0.2) is 24.0 Å². The Labute approximate surface area is 504 Å². The SMILES string of the molecule is CC(C)(C)OC(=O)NCCC[C@@H]1NC(=O)[C@@H](NC(=O)OC(C)(C)C)Cc2cc(ccc2O)-c2cccc(c2)C[C@@H](C(=O)N[C@H](CCCNC(=O)OC(C)(C)C)C(=O)NCCC[C@H](NC(=O)OC(C)(C)C)C(=O)NCCNC(=O)OC(C)(C)C)NC1=O. The summed E-state index contributed by atoms with van der Waals surface area (Å²) in [5.74, 6) is -3.98. The predicted molar refractivity (Wildman–Crippen MR) is 319 cm³/mol. The second-order valence-corrected chi connectivity index (χ2v) is 25.8. The van der Waals surface area contributed by atoms with Crippen molar-refractivity contribution in [3.05, 3.63) is 53.6 Å². The van der Waals surface area contributed by atoms with Gasteiger partial charge in [0, 0.05) is 45.6 Å². The highest BCUT2D eigenvalue weighted by Gasteiger charge is 2.34. The van der Waals surface area contributed by atoms with E-state index >= 15 is 0 Å². The number of hydrogen-bond donors (Lipinski definition) is 11. The van der Waals surface area contributed by atoms with E-state index in [9.17, 15) is 53.1 Å². The third-order valence-electron chi connectivity index (χ3n) is 11.9. The number of carbonyl (C=O) groups is 10. The first-order valence-corrected chi connectivity index (χ1v) is 29.0. The second kappa shape index (κ2) is 32.4. The molecule has 0 aliphatic carbocycles. The van der Waals surface area contributed by atoms with Crippen LogP contribution in [0, 0.1) is 0 Å². The monoisotopic (exact) mass is 1210 g/mol. The zero-order valence-electron chi connectivity index (χ0n) is 52.7. The summed E-state index contributed by atoms with van der Waals surface area (Å²) in [6.45, 7) is 25.1. The van der Waals surface area contributed by atoms with E-state index in [1.54, 1.807) is 140 Å². The minimum Gasteiger partial charge on any atom is -0.508 e. The molecule has 0 spiro atoms. The molecule has 0 aromatic heterocycles. The Bertz CT molecular complexity index is 2670. The van der Waals surface area contributed by atoms with Gasteiger partial charge in [-0.2, -0.15) is 0 Å². The Morgan fingerprint density at radius 3 is 1.51 bits per heavy atom. The lowest BCUT2D eigenvalue weighted by atomic mass is 9.95. The molecule has 26 heteroatoms. The highest BCUT2D eigenvalue weighted by atomic mass is 16.6. The molecule has 3 rings (SSSR count). The summed E-state index contributed by atoms with van der Waals surface area (Å²) in [6, 6.07) is 5.06. The van der Waals surface area contributed by atoms with E-state index in [0.717, 1.165) is 0 Å². The van der Waals surface area contributed by atoms with Crippen molar-refractivity contribution in [1.82, 2.24) is 53.2 Å². The minimum absolute atomic E-state index is 0.00566. The van der Waals surface area contributed by atoms with Crippen molar-refractivity contribution in [1.29, 1.82) is 0 Å². The van der Waals surface area contributed by atoms with Gasteiger partial charge in [0.15, 0.2) is 0 Å². The first-order valence-electron chi connectivity index (χ1n) is 29.0. The van der Waals surface area contributed by atoms with Crippen LogP contribution in [0.15, 0.2) is 42.5 Å². The fourth-order valence-electron chi connectivity index (χ4n) is 8.25. The average molecular weight is 1210 g/mol. The molecule has 86 heavy (non-hydrogen) atoms. The van der Waals surface area contributed by atoms with Crippen molar-refractivity contribution in [2.45, 2.75) is 213 Å². The van der Waals surface area contributed by atoms with Crippen LogP contribution < -0.4 is 53.2 Å². The van der Waals surface area contributed by atoms with Gasteiger partial charge in [0.1, 0.15) is 64.0 Å². The molecule has 5 atom stereocenters. The maximum Gasteiger partial charge on any atom is 0.408 e. The van der Waals surface area contributed by atoms with Gasteiger partial charge < -0.3 is 82.0 Å². The molecule has 2 aromatic carbocycles. The molecule has 1 aliphatic heterocycles. The van der Waals surface area contributed by atoms with Crippen molar-refractivity contribution in [3.8, 4) is 16.9 Å². The molecular formula is C60H94N10O16. The summed E-state index contributed by atoms with van der Waals surface area (Å²) in [6.07, 6.45) is -4.18. The van der Waals surface area contributed by atoms with Crippen molar-refractivity contribution >= 4 is 60.0 Å². The van der Waals surface area contributed by atoms with E-state index in [1.807, 2.05) is 0 Å². The number of phenols is 1. The molecule has 0 radical (unpaired) electrons. The topological polar surface area (TPSA) is 357 Å². The van der Waals surface area contributed by atoms with Gasteiger partial charge >= 0.3 is 30.5 Å².